The van der Waals surface area contributed by atoms with E-state index < -0.39 is 5.97 Å². The highest BCUT2D eigenvalue weighted by molar-refractivity contribution is 5.87. The molecule has 4 heterocycles. The van der Waals surface area contributed by atoms with Crippen molar-refractivity contribution in [3.63, 3.8) is 0 Å². The van der Waals surface area contributed by atoms with Gasteiger partial charge in [0.1, 0.15) is 11.6 Å². The average molecular weight is 604 g/mol. The van der Waals surface area contributed by atoms with Crippen LogP contribution in [0.15, 0.2) is 48.7 Å². The molecule has 0 unspecified atom stereocenters. The fraction of sp³-hybridized carbons (Fsp3) is 0.455. The number of aryl methyl sites for hydroxylation is 2. The Morgan fingerprint density at radius 3 is 2.45 bits per heavy atom. The molecule has 3 aliphatic rings. The van der Waals surface area contributed by atoms with Crippen LogP contribution in [0, 0.1) is 19.7 Å². The minimum atomic E-state index is -0.999. The zero-order valence-electron chi connectivity index (χ0n) is 25.1. The molecule has 1 atom stereocenters. The number of piperidine rings is 1. The third-order valence-electron chi connectivity index (χ3n) is 9.03. The summed E-state index contributed by atoms with van der Waals surface area (Å²) in [5, 5.41) is 9.08. The van der Waals surface area contributed by atoms with Gasteiger partial charge in [-0.25, -0.2) is 19.0 Å². The van der Waals surface area contributed by atoms with E-state index in [9.17, 15) is 9.59 Å². The van der Waals surface area contributed by atoms with E-state index in [0.29, 0.717) is 37.6 Å². The zero-order chi connectivity index (χ0) is 30.8. The number of rotatable bonds is 8. The van der Waals surface area contributed by atoms with E-state index in [4.69, 9.17) is 14.6 Å². The summed E-state index contributed by atoms with van der Waals surface area (Å²) in [6, 6.07) is 11.3. The topological polar surface area (TPSA) is 108 Å². The van der Waals surface area contributed by atoms with E-state index in [0.717, 1.165) is 55.6 Å². The van der Waals surface area contributed by atoms with Gasteiger partial charge in [-0.1, -0.05) is 17.7 Å². The number of hydrogen-bond donors (Lipinski definition) is 1. The number of benzene rings is 2. The summed E-state index contributed by atoms with van der Waals surface area (Å²) in [6.07, 6.45) is 4.98. The van der Waals surface area contributed by atoms with Gasteiger partial charge in [-0.15, -0.1) is 0 Å². The van der Waals surface area contributed by atoms with Gasteiger partial charge >= 0.3 is 18.0 Å². The number of halogens is 1. The van der Waals surface area contributed by atoms with Crippen molar-refractivity contribution in [3.05, 3.63) is 82.4 Å². The van der Waals surface area contributed by atoms with Crippen molar-refractivity contribution in [1.82, 2.24) is 24.7 Å². The van der Waals surface area contributed by atoms with Crippen molar-refractivity contribution in [3.8, 4) is 11.8 Å². The number of hydrogen-bond acceptors (Lipinski definition) is 7. The molecule has 11 heteroatoms. The molecule has 2 amide bonds. The summed E-state index contributed by atoms with van der Waals surface area (Å²) in [5.74, 6) is -0.800. The van der Waals surface area contributed by atoms with Crippen LogP contribution >= 0.6 is 0 Å². The predicted octanol–water partition coefficient (Wildman–Crippen LogP) is 5.35. The summed E-state index contributed by atoms with van der Waals surface area (Å²) < 4.78 is 26.4. The van der Waals surface area contributed by atoms with Crippen LogP contribution in [-0.4, -0.2) is 86.7 Å². The Balaban J connectivity index is 1.11. The maximum Gasteiger partial charge on any atom is 0.335 e. The van der Waals surface area contributed by atoms with Gasteiger partial charge in [0.15, 0.2) is 0 Å². The number of aromatic carboxylic acids is 1. The van der Waals surface area contributed by atoms with Gasteiger partial charge in [-0.05, 0) is 69.9 Å². The molecular weight excluding hydrogens is 565 g/mol. The number of carboxylic acid groups (broad SMARTS) is 1. The first-order valence-corrected chi connectivity index (χ1v) is 15.3. The lowest BCUT2D eigenvalue weighted by Crippen LogP contribution is -2.48. The Kier molecular flexibility index (Phi) is 8.76. The maximum atomic E-state index is 15.2. The van der Waals surface area contributed by atoms with Crippen molar-refractivity contribution in [2.45, 2.75) is 64.2 Å². The molecule has 1 N–H and O–H groups in total. The Labute approximate surface area is 256 Å². The van der Waals surface area contributed by atoms with Crippen molar-refractivity contribution in [1.29, 1.82) is 0 Å². The van der Waals surface area contributed by atoms with E-state index in [1.54, 1.807) is 24.4 Å². The molecule has 6 rings (SSSR count). The largest absolute Gasteiger partial charge is 0.478 e. The van der Waals surface area contributed by atoms with Crippen LogP contribution in [0.3, 0.4) is 0 Å². The monoisotopic (exact) mass is 603 g/mol. The van der Waals surface area contributed by atoms with Gasteiger partial charge < -0.3 is 24.4 Å². The summed E-state index contributed by atoms with van der Waals surface area (Å²) in [5.41, 5.74) is 3.55. The SMILES string of the molecule is Cc1ccc(F)c([C@@H]2CN(C3CCOCC3)C(=O)N2C2CCN(Cc3cnc(Oc4ccc(C(=O)O)cc4)nc3C)CC2)c1. The number of nitrogens with zero attached hydrogens (tertiary/aromatic N) is 5. The molecule has 0 bridgehead atoms. The number of carboxylic acids is 1. The molecule has 3 fully saturated rings. The molecule has 232 valence electrons. The van der Waals surface area contributed by atoms with Gasteiger partial charge in [-0.2, -0.15) is 4.98 Å². The van der Waals surface area contributed by atoms with E-state index in [2.05, 4.69) is 14.9 Å². The smallest absolute Gasteiger partial charge is 0.335 e. The fourth-order valence-electron chi connectivity index (χ4n) is 6.56. The van der Waals surface area contributed by atoms with Crippen LogP contribution < -0.4 is 4.74 Å². The van der Waals surface area contributed by atoms with Crippen LogP contribution in [0.25, 0.3) is 0 Å². The standard InChI is InChI=1S/C33H38FN5O5/c1-21-3-8-29(34)28(17-21)30-20-38(25-11-15-43-16-12-25)33(42)39(30)26-9-13-37(14-10-26)19-24-18-35-32(36-22(24)2)44-27-6-4-23(5-7-27)31(40)41/h3-8,17-18,25-26,30H,9-16,19-20H2,1-2H3,(H,40,41)/t30-/m0/s1. The van der Waals surface area contributed by atoms with Crippen molar-refractivity contribution < 1.29 is 28.6 Å². The highest BCUT2D eigenvalue weighted by Gasteiger charge is 2.46. The van der Waals surface area contributed by atoms with Crippen molar-refractivity contribution in [2.24, 2.45) is 0 Å². The molecule has 0 spiro atoms. The number of aromatic nitrogens is 2. The molecule has 44 heavy (non-hydrogen) atoms. The summed E-state index contributed by atoms with van der Waals surface area (Å²) in [7, 11) is 0. The molecule has 3 aliphatic heterocycles. The Morgan fingerprint density at radius 2 is 1.77 bits per heavy atom. The molecule has 10 nitrogen and oxygen atoms in total. The molecule has 0 radical (unpaired) electrons. The van der Waals surface area contributed by atoms with Gasteiger partial charge in [-0.3, -0.25) is 4.90 Å². The predicted molar refractivity (Wildman–Crippen MR) is 160 cm³/mol. The Bertz CT molecular complexity index is 1500. The van der Waals surface area contributed by atoms with Gasteiger partial charge in [0.2, 0.25) is 0 Å². The van der Waals surface area contributed by atoms with E-state index in [1.165, 1.54) is 18.2 Å². The minimum Gasteiger partial charge on any atom is -0.478 e. The molecule has 0 saturated carbocycles. The normalized spacial score (nSPS) is 20.3. The molecular formula is C33H38FN5O5. The first-order chi connectivity index (χ1) is 21.3. The van der Waals surface area contributed by atoms with Crippen LogP contribution in [0.4, 0.5) is 9.18 Å². The van der Waals surface area contributed by atoms with Crippen LogP contribution in [0.2, 0.25) is 0 Å². The number of carbonyl (C=O) groups excluding carboxylic acids is 1. The van der Waals surface area contributed by atoms with Gasteiger partial charge in [0.05, 0.1) is 11.6 Å². The first-order valence-electron chi connectivity index (χ1n) is 15.3. The molecule has 3 saturated heterocycles. The molecule has 2 aromatic carbocycles. The summed E-state index contributed by atoms with van der Waals surface area (Å²) in [6.45, 7) is 7.92. The number of amides is 2. The molecule has 0 aliphatic carbocycles. The second-order valence-corrected chi connectivity index (χ2v) is 11.9. The third-order valence-corrected chi connectivity index (χ3v) is 9.03. The second kappa shape index (κ2) is 12.9. The lowest BCUT2D eigenvalue weighted by atomic mass is 9.97. The summed E-state index contributed by atoms with van der Waals surface area (Å²) in [4.78, 5) is 40.2. The first kappa shape index (κ1) is 30.0. The Hall–Kier alpha value is -4.09. The number of carbonyl (C=O) groups is 2. The van der Waals surface area contributed by atoms with E-state index in [1.807, 2.05) is 29.7 Å². The van der Waals surface area contributed by atoms with E-state index in [-0.39, 0.29) is 41.5 Å². The highest BCUT2D eigenvalue weighted by Crippen LogP contribution is 2.38. The number of ether oxygens (including phenoxy) is 2. The lowest BCUT2D eigenvalue weighted by molar-refractivity contribution is 0.0493. The number of likely N-dealkylation sites (tertiary alicyclic amines) is 1. The van der Waals surface area contributed by atoms with Gasteiger partial charge in [0.25, 0.3) is 0 Å². The van der Waals surface area contributed by atoms with Crippen LogP contribution in [0.5, 0.6) is 11.8 Å². The maximum absolute atomic E-state index is 15.2. The van der Waals surface area contributed by atoms with E-state index >= 15 is 4.39 Å². The van der Waals surface area contributed by atoms with Crippen LogP contribution in [-0.2, 0) is 11.3 Å². The Morgan fingerprint density at radius 1 is 1.05 bits per heavy atom. The highest BCUT2D eigenvalue weighted by atomic mass is 19.1. The summed E-state index contributed by atoms with van der Waals surface area (Å²) >= 11 is 0. The van der Waals surface area contributed by atoms with Crippen molar-refractivity contribution >= 4 is 12.0 Å². The minimum absolute atomic E-state index is 0.0127. The fourth-order valence-corrected chi connectivity index (χ4v) is 6.56. The molecule has 1 aromatic heterocycles. The lowest BCUT2D eigenvalue weighted by Gasteiger charge is -2.39. The third kappa shape index (κ3) is 6.39. The van der Waals surface area contributed by atoms with Crippen molar-refractivity contribution in [2.75, 3.05) is 32.8 Å². The quantitative estimate of drug-likeness (QED) is 0.368. The van der Waals surface area contributed by atoms with Crippen LogP contribution in [0.1, 0.15) is 64.5 Å². The molecule has 3 aromatic rings. The second-order valence-electron chi connectivity index (χ2n) is 11.9. The van der Waals surface area contributed by atoms with Gasteiger partial charge in [0, 0.05) is 74.5 Å². The zero-order valence-corrected chi connectivity index (χ0v) is 25.1. The number of urea groups is 1. The average Bonchev–Trinajstić information content (AvgIpc) is 3.37.